The number of hydrogen-bond donors (Lipinski definition) is 2. The molecular formula is C12H16N4O. The highest BCUT2D eigenvalue weighted by atomic mass is 16.1. The Morgan fingerprint density at radius 1 is 1.59 bits per heavy atom. The van der Waals surface area contributed by atoms with Crippen LogP contribution in [0.15, 0.2) is 18.2 Å². The first-order valence-electron chi connectivity index (χ1n) is 5.30. The maximum absolute atomic E-state index is 11.1. The van der Waals surface area contributed by atoms with Gasteiger partial charge in [0.2, 0.25) is 5.91 Å². The molecule has 1 rings (SSSR count). The minimum Gasteiger partial charge on any atom is -0.397 e. The summed E-state index contributed by atoms with van der Waals surface area (Å²) in [5.41, 5.74) is 7.76. The molecule has 17 heavy (non-hydrogen) atoms. The monoisotopic (exact) mass is 232 g/mol. The molecule has 5 heteroatoms. The summed E-state index contributed by atoms with van der Waals surface area (Å²) < 4.78 is 0. The molecule has 0 fully saturated rings. The van der Waals surface area contributed by atoms with Gasteiger partial charge in [0.25, 0.3) is 0 Å². The molecule has 0 aliphatic rings. The summed E-state index contributed by atoms with van der Waals surface area (Å²) in [6.07, 6.45) is 0.392. The van der Waals surface area contributed by atoms with Gasteiger partial charge in [-0.3, -0.25) is 4.79 Å². The van der Waals surface area contributed by atoms with E-state index in [-0.39, 0.29) is 5.91 Å². The Balaban J connectivity index is 2.78. The minimum absolute atomic E-state index is 0.0214. The first-order valence-corrected chi connectivity index (χ1v) is 5.30. The SMILES string of the molecule is CNC(=O)CCN(C)c1cc(C#N)ccc1N. The van der Waals surface area contributed by atoms with Crippen LogP contribution in [0.5, 0.6) is 0 Å². The maximum Gasteiger partial charge on any atom is 0.221 e. The molecule has 1 amide bonds. The fourth-order valence-electron chi connectivity index (χ4n) is 1.46. The number of benzene rings is 1. The summed E-state index contributed by atoms with van der Waals surface area (Å²) in [4.78, 5) is 13.0. The number of nitrogens with one attached hydrogen (secondary N) is 1. The molecule has 0 saturated heterocycles. The summed E-state index contributed by atoms with van der Waals surface area (Å²) in [5, 5.41) is 11.4. The second-order valence-electron chi connectivity index (χ2n) is 3.73. The number of anilines is 2. The lowest BCUT2D eigenvalue weighted by molar-refractivity contribution is -0.120. The highest BCUT2D eigenvalue weighted by Crippen LogP contribution is 2.23. The first kappa shape index (κ1) is 12.8. The van der Waals surface area contributed by atoms with E-state index in [0.29, 0.717) is 24.2 Å². The number of nitrogen functional groups attached to an aromatic ring is 1. The Labute approximate surface area is 101 Å². The third kappa shape index (κ3) is 3.38. The highest BCUT2D eigenvalue weighted by molar-refractivity contribution is 5.77. The predicted octanol–water partition coefficient (Wildman–Crippen LogP) is 0.713. The quantitative estimate of drug-likeness (QED) is 0.749. The van der Waals surface area contributed by atoms with Gasteiger partial charge in [-0.25, -0.2) is 0 Å². The number of carbonyl (C=O) groups is 1. The Morgan fingerprint density at radius 3 is 2.88 bits per heavy atom. The number of amides is 1. The second kappa shape index (κ2) is 5.75. The highest BCUT2D eigenvalue weighted by Gasteiger charge is 2.08. The van der Waals surface area contributed by atoms with E-state index in [4.69, 9.17) is 11.0 Å². The summed E-state index contributed by atoms with van der Waals surface area (Å²) >= 11 is 0. The summed E-state index contributed by atoms with van der Waals surface area (Å²) in [7, 11) is 3.45. The molecule has 0 aliphatic carbocycles. The van der Waals surface area contributed by atoms with Crippen molar-refractivity contribution in [2.24, 2.45) is 0 Å². The number of nitriles is 1. The van der Waals surface area contributed by atoms with Gasteiger partial charge in [-0.2, -0.15) is 5.26 Å². The number of carbonyl (C=O) groups excluding carboxylic acids is 1. The zero-order valence-electron chi connectivity index (χ0n) is 10.0. The van der Waals surface area contributed by atoms with Crippen LogP contribution in [0, 0.1) is 11.3 Å². The zero-order valence-corrected chi connectivity index (χ0v) is 10.0. The van der Waals surface area contributed by atoms with Crippen LogP contribution >= 0.6 is 0 Å². The van der Waals surface area contributed by atoms with Crippen LogP contribution < -0.4 is 16.0 Å². The standard InChI is InChI=1S/C12H16N4O/c1-15-12(17)5-6-16(2)11-7-9(8-13)3-4-10(11)14/h3-4,7H,5-6,14H2,1-2H3,(H,15,17). The largest absolute Gasteiger partial charge is 0.397 e. The molecule has 0 atom stereocenters. The normalized spacial score (nSPS) is 9.47. The van der Waals surface area contributed by atoms with E-state index in [9.17, 15) is 4.79 Å². The van der Waals surface area contributed by atoms with Gasteiger partial charge in [0.15, 0.2) is 0 Å². The van der Waals surface area contributed by atoms with Crippen molar-refractivity contribution < 1.29 is 4.79 Å². The molecule has 0 aliphatic heterocycles. The molecule has 5 nitrogen and oxygen atoms in total. The van der Waals surface area contributed by atoms with Crippen molar-refractivity contribution in [3.05, 3.63) is 23.8 Å². The van der Waals surface area contributed by atoms with Crippen molar-refractivity contribution in [2.45, 2.75) is 6.42 Å². The van der Waals surface area contributed by atoms with Gasteiger partial charge in [-0.1, -0.05) is 0 Å². The fourth-order valence-corrected chi connectivity index (χ4v) is 1.46. The van der Waals surface area contributed by atoms with E-state index < -0.39 is 0 Å². The van der Waals surface area contributed by atoms with Crippen molar-refractivity contribution in [3.8, 4) is 6.07 Å². The second-order valence-corrected chi connectivity index (χ2v) is 3.73. The van der Waals surface area contributed by atoms with Gasteiger partial charge < -0.3 is 16.0 Å². The van der Waals surface area contributed by atoms with Crippen LogP contribution in [-0.2, 0) is 4.79 Å². The molecule has 0 unspecified atom stereocenters. The molecule has 3 N–H and O–H groups in total. The van der Waals surface area contributed by atoms with E-state index in [1.165, 1.54) is 0 Å². The van der Waals surface area contributed by atoms with Crippen molar-refractivity contribution in [2.75, 3.05) is 31.3 Å². The molecule has 0 saturated carbocycles. The van der Waals surface area contributed by atoms with Crippen molar-refractivity contribution >= 4 is 17.3 Å². The lowest BCUT2D eigenvalue weighted by Gasteiger charge is -2.20. The molecule has 0 aromatic heterocycles. The van der Waals surface area contributed by atoms with Crippen LogP contribution in [0.3, 0.4) is 0 Å². The van der Waals surface area contributed by atoms with Crippen molar-refractivity contribution in [1.82, 2.24) is 5.32 Å². The van der Waals surface area contributed by atoms with Gasteiger partial charge in [-0.15, -0.1) is 0 Å². The Kier molecular flexibility index (Phi) is 4.35. The summed E-state index contributed by atoms with van der Waals surface area (Å²) in [6.45, 7) is 0.554. The first-order chi connectivity index (χ1) is 8.08. The minimum atomic E-state index is -0.0214. The van der Waals surface area contributed by atoms with E-state index in [1.807, 2.05) is 11.9 Å². The van der Waals surface area contributed by atoms with Crippen LogP contribution in [0.25, 0.3) is 0 Å². The zero-order chi connectivity index (χ0) is 12.8. The van der Waals surface area contributed by atoms with Crippen LogP contribution in [-0.4, -0.2) is 26.5 Å². The summed E-state index contributed by atoms with van der Waals surface area (Å²) in [5.74, 6) is -0.0214. The molecule has 0 radical (unpaired) electrons. The van der Waals surface area contributed by atoms with Gasteiger partial charge in [0.05, 0.1) is 23.0 Å². The molecule has 90 valence electrons. The maximum atomic E-state index is 11.1. The number of nitrogens with two attached hydrogens (primary N) is 1. The Bertz CT molecular complexity index is 450. The third-order valence-electron chi connectivity index (χ3n) is 2.52. The van der Waals surface area contributed by atoms with Gasteiger partial charge >= 0.3 is 0 Å². The molecular weight excluding hydrogens is 216 g/mol. The van der Waals surface area contributed by atoms with Crippen LogP contribution in [0.1, 0.15) is 12.0 Å². The lowest BCUT2D eigenvalue weighted by atomic mass is 10.1. The molecule has 1 aromatic rings. The van der Waals surface area contributed by atoms with Crippen molar-refractivity contribution in [1.29, 1.82) is 5.26 Å². The number of nitrogens with zero attached hydrogens (tertiary/aromatic N) is 2. The number of hydrogen-bond acceptors (Lipinski definition) is 4. The van der Waals surface area contributed by atoms with E-state index in [1.54, 1.807) is 25.2 Å². The van der Waals surface area contributed by atoms with Gasteiger partial charge in [-0.05, 0) is 18.2 Å². The van der Waals surface area contributed by atoms with E-state index >= 15 is 0 Å². The smallest absolute Gasteiger partial charge is 0.221 e. The molecule has 0 spiro atoms. The summed E-state index contributed by atoms with van der Waals surface area (Å²) in [6, 6.07) is 7.16. The Hall–Kier alpha value is -2.22. The predicted molar refractivity (Wildman–Crippen MR) is 67.5 cm³/mol. The Morgan fingerprint density at radius 2 is 2.29 bits per heavy atom. The van der Waals surface area contributed by atoms with Gasteiger partial charge in [0.1, 0.15) is 0 Å². The van der Waals surface area contributed by atoms with Gasteiger partial charge in [0, 0.05) is 27.1 Å². The molecule has 1 aromatic carbocycles. The third-order valence-corrected chi connectivity index (χ3v) is 2.52. The van der Waals surface area contributed by atoms with Crippen LogP contribution in [0.4, 0.5) is 11.4 Å². The van der Waals surface area contributed by atoms with Crippen LogP contribution in [0.2, 0.25) is 0 Å². The average Bonchev–Trinajstić information content (AvgIpc) is 2.36. The lowest BCUT2D eigenvalue weighted by Crippen LogP contribution is -2.26. The fraction of sp³-hybridized carbons (Fsp3) is 0.333. The molecule has 0 bridgehead atoms. The topological polar surface area (TPSA) is 82.2 Å². The average molecular weight is 232 g/mol. The van der Waals surface area contributed by atoms with E-state index in [2.05, 4.69) is 11.4 Å². The van der Waals surface area contributed by atoms with E-state index in [0.717, 1.165) is 5.69 Å². The number of rotatable bonds is 4. The van der Waals surface area contributed by atoms with Crippen molar-refractivity contribution in [3.63, 3.8) is 0 Å². The molecule has 0 heterocycles.